The monoisotopic (exact) mass is 381 g/mol. The highest BCUT2D eigenvalue weighted by atomic mass is 32.1. The van der Waals surface area contributed by atoms with Crippen LogP contribution in [-0.4, -0.2) is 9.97 Å². The van der Waals surface area contributed by atoms with Gasteiger partial charge >= 0.3 is 0 Å². The summed E-state index contributed by atoms with van der Waals surface area (Å²) < 4.78 is 5.87. The largest absolute Gasteiger partial charge is 0.457 e. The molecule has 134 valence electrons. The molecule has 2 heterocycles. The average Bonchev–Trinajstić information content (AvgIpc) is 3.24. The normalized spacial score (nSPS) is 11.0. The Labute approximate surface area is 167 Å². The topological polar surface area (TPSA) is 58.8 Å². The maximum atomic E-state index is 9.63. The SMILES string of the molecule is N#C/C(=C/c1cccc(Oc2ccccc2)c1)c1nc(-c2ccncc2)cs1. The molecule has 4 rings (SSSR count). The van der Waals surface area contributed by atoms with Crippen molar-refractivity contribution in [2.75, 3.05) is 0 Å². The van der Waals surface area contributed by atoms with Gasteiger partial charge in [0.05, 0.1) is 11.3 Å². The highest BCUT2D eigenvalue weighted by molar-refractivity contribution is 7.11. The van der Waals surface area contributed by atoms with Gasteiger partial charge in [-0.1, -0.05) is 30.3 Å². The lowest BCUT2D eigenvalue weighted by atomic mass is 10.1. The van der Waals surface area contributed by atoms with Crippen LogP contribution in [0.3, 0.4) is 0 Å². The fourth-order valence-electron chi connectivity index (χ4n) is 2.65. The second-order valence-electron chi connectivity index (χ2n) is 5.93. The maximum absolute atomic E-state index is 9.63. The molecule has 0 fully saturated rings. The standard InChI is InChI=1S/C23H15N3OS/c24-15-19(23-26-22(16-28-23)18-9-11-25-12-10-18)13-17-5-4-8-21(14-17)27-20-6-2-1-3-7-20/h1-14,16H/b19-13-. The van der Waals surface area contributed by atoms with Crippen LogP contribution < -0.4 is 4.74 Å². The van der Waals surface area contributed by atoms with Gasteiger partial charge in [0.25, 0.3) is 0 Å². The van der Waals surface area contributed by atoms with E-state index in [1.54, 1.807) is 12.4 Å². The van der Waals surface area contributed by atoms with Gasteiger partial charge in [-0.2, -0.15) is 5.26 Å². The number of aromatic nitrogens is 2. The summed E-state index contributed by atoms with van der Waals surface area (Å²) in [4.78, 5) is 8.63. The molecule has 0 saturated carbocycles. The molecular weight excluding hydrogens is 366 g/mol. The molecule has 0 aliphatic carbocycles. The second-order valence-corrected chi connectivity index (χ2v) is 6.79. The van der Waals surface area contributed by atoms with Gasteiger partial charge in [0, 0.05) is 23.3 Å². The third-order valence-electron chi connectivity index (χ3n) is 3.98. The number of pyridine rings is 1. The zero-order valence-electron chi connectivity index (χ0n) is 14.8. The van der Waals surface area contributed by atoms with Crippen LogP contribution in [0.5, 0.6) is 11.5 Å². The van der Waals surface area contributed by atoms with Gasteiger partial charge in [-0.15, -0.1) is 11.3 Å². The Balaban J connectivity index is 1.60. The van der Waals surface area contributed by atoms with E-state index in [2.05, 4.69) is 16.0 Å². The zero-order chi connectivity index (χ0) is 19.2. The highest BCUT2D eigenvalue weighted by Gasteiger charge is 2.09. The summed E-state index contributed by atoms with van der Waals surface area (Å²) in [7, 11) is 0. The van der Waals surface area contributed by atoms with Gasteiger partial charge in [-0.05, 0) is 48.0 Å². The molecule has 4 aromatic rings. The zero-order valence-corrected chi connectivity index (χ0v) is 15.6. The van der Waals surface area contributed by atoms with Gasteiger partial charge in [0.15, 0.2) is 0 Å². The molecule has 0 radical (unpaired) electrons. The summed E-state index contributed by atoms with van der Waals surface area (Å²) in [6.45, 7) is 0. The van der Waals surface area contributed by atoms with Crippen LogP contribution in [0.25, 0.3) is 22.9 Å². The first kappa shape index (κ1) is 17.7. The van der Waals surface area contributed by atoms with E-state index < -0.39 is 0 Å². The fraction of sp³-hybridized carbons (Fsp3) is 0. The quantitative estimate of drug-likeness (QED) is 0.394. The maximum Gasteiger partial charge on any atom is 0.134 e. The van der Waals surface area contributed by atoms with Crippen molar-refractivity contribution >= 4 is 23.0 Å². The summed E-state index contributed by atoms with van der Waals surface area (Å²) in [6, 6.07) is 23.3. The van der Waals surface area contributed by atoms with E-state index in [0.29, 0.717) is 16.3 Å². The molecular formula is C23H15N3OS. The van der Waals surface area contributed by atoms with Crippen LogP contribution in [0.1, 0.15) is 10.6 Å². The predicted molar refractivity (Wildman–Crippen MR) is 112 cm³/mol. The van der Waals surface area contributed by atoms with Crippen LogP contribution >= 0.6 is 11.3 Å². The van der Waals surface area contributed by atoms with E-state index >= 15 is 0 Å². The molecule has 0 aliphatic rings. The van der Waals surface area contributed by atoms with Crippen molar-refractivity contribution in [3.05, 3.63) is 95.1 Å². The second kappa shape index (κ2) is 8.30. The molecule has 0 bridgehead atoms. The van der Waals surface area contributed by atoms with E-state index in [9.17, 15) is 5.26 Å². The summed E-state index contributed by atoms with van der Waals surface area (Å²) in [5.74, 6) is 1.49. The van der Waals surface area contributed by atoms with Crippen LogP contribution in [0, 0.1) is 11.3 Å². The van der Waals surface area contributed by atoms with Crippen molar-refractivity contribution in [2.45, 2.75) is 0 Å². The molecule has 4 nitrogen and oxygen atoms in total. The van der Waals surface area contributed by atoms with Crippen LogP contribution in [0.4, 0.5) is 0 Å². The molecule has 0 unspecified atom stereocenters. The van der Waals surface area contributed by atoms with Crippen molar-refractivity contribution in [1.82, 2.24) is 9.97 Å². The van der Waals surface area contributed by atoms with Gasteiger partial charge in [-0.3, -0.25) is 4.98 Å². The minimum atomic E-state index is 0.516. The molecule has 0 spiro atoms. The minimum absolute atomic E-state index is 0.516. The highest BCUT2D eigenvalue weighted by Crippen LogP contribution is 2.28. The number of allylic oxidation sites excluding steroid dienone is 1. The first-order chi connectivity index (χ1) is 13.8. The third-order valence-corrected chi connectivity index (χ3v) is 4.85. The van der Waals surface area contributed by atoms with E-state index in [1.807, 2.05) is 78.2 Å². The van der Waals surface area contributed by atoms with Crippen molar-refractivity contribution in [3.63, 3.8) is 0 Å². The molecule has 0 saturated heterocycles. The van der Waals surface area contributed by atoms with Crippen molar-refractivity contribution < 1.29 is 4.74 Å². The Morgan fingerprint density at radius 3 is 2.54 bits per heavy atom. The minimum Gasteiger partial charge on any atom is -0.457 e. The first-order valence-electron chi connectivity index (χ1n) is 8.63. The van der Waals surface area contributed by atoms with Crippen LogP contribution in [0.2, 0.25) is 0 Å². The lowest BCUT2D eigenvalue weighted by molar-refractivity contribution is 0.482. The summed E-state index contributed by atoms with van der Waals surface area (Å²) in [5.41, 5.74) is 3.21. The lowest BCUT2D eigenvalue weighted by Gasteiger charge is -2.06. The third kappa shape index (κ3) is 4.14. The van der Waals surface area contributed by atoms with E-state index in [0.717, 1.165) is 22.6 Å². The van der Waals surface area contributed by atoms with Gasteiger partial charge in [0.1, 0.15) is 22.6 Å². The Morgan fingerprint density at radius 2 is 1.75 bits per heavy atom. The van der Waals surface area contributed by atoms with Crippen LogP contribution in [0.15, 0.2) is 84.5 Å². The summed E-state index contributed by atoms with van der Waals surface area (Å²) in [5, 5.41) is 12.3. The smallest absolute Gasteiger partial charge is 0.134 e. The number of hydrogen-bond acceptors (Lipinski definition) is 5. The van der Waals surface area contributed by atoms with Crippen molar-refractivity contribution in [3.8, 4) is 28.8 Å². The van der Waals surface area contributed by atoms with Gasteiger partial charge in [-0.25, -0.2) is 4.98 Å². The molecule has 2 aromatic heterocycles. The van der Waals surface area contributed by atoms with E-state index in [4.69, 9.17) is 4.74 Å². The number of hydrogen-bond donors (Lipinski definition) is 0. The molecule has 0 aliphatic heterocycles. The number of ether oxygens (including phenoxy) is 1. The summed E-state index contributed by atoms with van der Waals surface area (Å²) >= 11 is 1.45. The van der Waals surface area contributed by atoms with Crippen LogP contribution in [-0.2, 0) is 0 Å². The molecule has 0 N–H and O–H groups in total. The van der Waals surface area contributed by atoms with Gasteiger partial charge < -0.3 is 4.74 Å². The first-order valence-corrected chi connectivity index (χ1v) is 9.51. The number of rotatable bonds is 5. The van der Waals surface area contributed by atoms with Crippen molar-refractivity contribution in [2.24, 2.45) is 0 Å². The van der Waals surface area contributed by atoms with E-state index in [-0.39, 0.29) is 0 Å². The number of nitriles is 1. The predicted octanol–water partition coefficient (Wildman–Crippen LogP) is 6.06. The fourth-order valence-corrected chi connectivity index (χ4v) is 3.45. The molecule has 0 amide bonds. The van der Waals surface area contributed by atoms with Crippen molar-refractivity contribution in [1.29, 1.82) is 5.26 Å². The molecule has 28 heavy (non-hydrogen) atoms. The van der Waals surface area contributed by atoms with Gasteiger partial charge in [0.2, 0.25) is 0 Å². The Kier molecular flexibility index (Phi) is 5.23. The summed E-state index contributed by atoms with van der Waals surface area (Å²) in [6.07, 6.45) is 5.29. The molecule has 2 aromatic carbocycles. The number of para-hydroxylation sites is 1. The Bertz CT molecular complexity index is 1150. The van der Waals surface area contributed by atoms with E-state index in [1.165, 1.54) is 11.3 Å². The lowest BCUT2D eigenvalue weighted by Crippen LogP contribution is -1.86. The average molecular weight is 381 g/mol. The molecule has 5 heteroatoms. The number of benzene rings is 2. The number of thiazole rings is 1. The number of nitrogens with zero attached hydrogens (tertiary/aromatic N) is 3. The molecule has 0 atom stereocenters. The Morgan fingerprint density at radius 1 is 0.964 bits per heavy atom. The Hall–Kier alpha value is -3.75.